The third-order valence-electron chi connectivity index (χ3n) is 4.30. The molecule has 0 fully saturated rings. The SMILES string of the molecule is Cc1ccc(C2=NOC(Cc3ccc4c(c3)OCO4)CC2)cc1. The summed E-state index contributed by atoms with van der Waals surface area (Å²) in [5.74, 6) is 1.64. The summed E-state index contributed by atoms with van der Waals surface area (Å²) in [6, 6.07) is 14.5. The van der Waals surface area contributed by atoms with Crippen molar-refractivity contribution in [1.29, 1.82) is 0 Å². The minimum absolute atomic E-state index is 0.115. The summed E-state index contributed by atoms with van der Waals surface area (Å²) in [6.07, 6.45) is 2.87. The Labute approximate surface area is 135 Å². The third-order valence-corrected chi connectivity index (χ3v) is 4.30. The van der Waals surface area contributed by atoms with Crippen LogP contribution in [0.4, 0.5) is 0 Å². The van der Waals surface area contributed by atoms with Gasteiger partial charge in [-0.1, -0.05) is 41.1 Å². The molecule has 0 saturated heterocycles. The van der Waals surface area contributed by atoms with Crippen LogP contribution >= 0.6 is 0 Å². The van der Waals surface area contributed by atoms with Gasteiger partial charge in [-0.25, -0.2) is 0 Å². The molecule has 0 bridgehead atoms. The minimum atomic E-state index is 0.115. The average Bonchev–Trinajstić information content (AvgIpc) is 3.04. The number of nitrogens with zero attached hydrogens (tertiary/aromatic N) is 1. The van der Waals surface area contributed by atoms with E-state index in [-0.39, 0.29) is 6.10 Å². The molecule has 0 amide bonds. The molecule has 2 aliphatic rings. The molecular weight excluding hydrogens is 290 g/mol. The smallest absolute Gasteiger partial charge is 0.231 e. The zero-order valence-electron chi connectivity index (χ0n) is 13.1. The van der Waals surface area contributed by atoms with Gasteiger partial charge in [0.15, 0.2) is 11.5 Å². The first-order valence-electron chi connectivity index (χ1n) is 7.96. The molecule has 2 aromatic carbocycles. The van der Waals surface area contributed by atoms with Crippen LogP contribution in [0.2, 0.25) is 0 Å². The lowest BCUT2D eigenvalue weighted by Crippen LogP contribution is -2.21. The standard InChI is InChI=1S/C19H19NO3/c1-13-2-5-15(6-3-13)17-8-7-16(23-20-17)10-14-4-9-18-19(11-14)22-12-21-18/h2-6,9,11,16H,7-8,10,12H2,1H3. The molecule has 2 heterocycles. The zero-order valence-corrected chi connectivity index (χ0v) is 13.1. The summed E-state index contributed by atoms with van der Waals surface area (Å²) >= 11 is 0. The van der Waals surface area contributed by atoms with Gasteiger partial charge in [-0.15, -0.1) is 0 Å². The fourth-order valence-electron chi connectivity index (χ4n) is 2.95. The molecule has 2 aromatic rings. The number of hydrogen-bond donors (Lipinski definition) is 0. The van der Waals surface area contributed by atoms with Crippen LogP contribution in [0, 0.1) is 6.92 Å². The number of oxime groups is 1. The Hall–Kier alpha value is -2.49. The maximum absolute atomic E-state index is 5.71. The lowest BCUT2D eigenvalue weighted by Gasteiger charge is -2.21. The van der Waals surface area contributed by atoms with E-state index >= 15 is 0 Å². The first-order valence-corrected chi connectivity index (χ1v) is 7.96. The molecule has 4 rings (SSSR count). The molecule has 1 unspecified atom stereocenters. The van der Waals surface area contributed by atoms with Gasteiger partial charge >= 0.3 is 0 Å². The summed E-state index contributed by atoms with van der Waals surface area (Å²) < 4.78 is 10.8. The van der Waals surface area contributed by atoms with E-state index < -0.39 is 0 Å². The first-order chi connectivity index (χ1) is 11.3. The number of aryl methyl sites for hydroxylation is 1. The molecule has 0 saturated carbocycles. The first kappa shape index (κ1) is 14.1. The van der Waals surface area contributed by atoms with Gasteiger partial charge in [0, 0.05) is 6.42 Å². The Kier molecular flexibility index (Phi) is 3.66. The molecule has 4 heteroatoms. The molecule has 0 aromatic heterocycles. The highest BCUT2D eigenvalue weighted by molar-refractivity contribution is 6.00. The van der Waals surface area contributed by atoms with Gasteiger partial charge < -0.3 is 14.3 Å². The number of rotatable bonds is 3. The van der Waals surface area contributed by atoms with E-state index in [1.807, 2.05) is 12.1 Å². The fourth-order valence-corrected chi connectivity index (χ4v) is 2.95. The summed E-state index contributed by atoms with van der Waals surface area (Å²) in [5.41, 5.74) is 4.63. The Bertz CT molecular complexity index is 737. The molecule has 0 N–H and O–H groups in total. The van der Waals surface area contributed by atoms with E-state index in [1.54, 1.807) is 0 Å². The van der Waals surface area contributed by atoms with Crippen molar-refractivity contribution in [1.82, 2.24) is 0 Å². The fraction of sp³-hybridized carbons (Fsp3) is 0.316. The summed E-state index contributed by atoms with van der Waals surface area (Å²) in [5, 5.41) is 4.34. The molecule has 0 spiro atoms. The maximum Gasteiger partial charge on any atom is 0.231 e. The molecule has 0 radical (unpaired) electrons. The largest absolute Gasteiger partial charge is 0.454 e. The third kappa shape index (κ3) is 3.02. The Morgan fingerprint density at radius 2 is 1.87 bits per heavy atom. The Balaban J connectivity index is 1.42. The van der Waals surface area contributed by atoms with E-state index in [4.69, 9.17) is 14.3 Å². The van der Waals surface area contributed by atoms with Gasteiger partial charge in [0.25, 0.3) is 0 Å². The normalized spacial score (nSPS) is 19.2. The van der Waals surface area contributed by atoms with Crippen LogP contribution in [0.15, 0.2) is 47.6 Å². The second kappa shape index (κ2) is 5.95. The molecular formula is C19H19NO3. The van der Waals surface area contributed by atoms with E-state index in [9.17, 15) is 0 Å². The van der Waals surface area contributed by atoms with Gasteiger partial charge in [-0.05, 0) is 43.0 Å². The molecule has 0 aliphatic carbocycles. The van der Waals surface area contributed by atoms with Crippen molar-refractivity contribution in [2.24, 2.45) is 5.16 Å². The lowest BCUT2D eigenvalue weighted by molar-refractivity contribution is 0.0443. The van der Waals surface area contributed by atoms with E-state index in [0.717, 1.165) is 42.0 Å². The van der Waals surface area contributed by atoms with Crippen molar-refractivity contribution in [3.63, 3.8) is 0 Å². The van der Waals surface area contributed by atoms with Crippen LogP contribution in [-0.4, -0.2) is 18.6 Å². The van der Waals surface area contributed by atoms with Gasteiger partial charge in [-0.3, -0.25) is 0 Å². The van der Waals surface area contributed by atoms with Crippen molar-refractivity contribution >= 4 is 5.71 Å². The van der Waals surface area contributed by atoms with Gasteiger partial charge in [0.1, 0.15) is 6.10 Å². The van der Waals surface area contributed by atoms with Crippen molar-refractivity contribution in [3.8, 4) is 11.5 Å². The van der Waals surface area contributed by atoms with E-state index in [2.05, 4.69) is 42.4 Å². The summed E-state index contributed by atoms with van der Waals surface area (Å²) in [7, 11) is 0. The van der Waals surface area contributed by atoms with Gasteiger partial charge in [0.05, 0.1) is 5.71 Å². The maximum atomic E-state index is 5.71. The van der Waals surface area contributed by atoms with Crippen LogP contribution in [0.25, 0.3) is 0 Å². The quantitative estimate of drug-likeness (QED) is 0.864. The average molecular weight is 309 g/mol. The Morgan fingerprint density at radius 1 is 1.04 bits per heavy atom. The molecule has 4 nitrogen and oxygen atoms in total. The number of benzene rings is 2. The van der Waals surface area contributed by atoms with Crippen LogP contribution < -0.4 is 9.47 Å². The van der Waals surface area contributed by atoms with Crippen molar-refractivity contribution in [2.75, 3.05) is 6.79 Å². The summed E-state index contributed by atoms with van der Waals surface area (Å²) in [6.45, 7) is 2.40. The van der Waals surface area contributed by atoms with Crippen LogP contribution in [0.1, 0.15) is 29.5 Å². The molecule has 23 heavy (non-hydrogen) atoms. The topological polar surface area (TPSA) is 40.0 Å². The number of ether oxygens (including phenoxy) is 2. The van der Waals surface area contributed by atoms with Crippen molar-refractivity contribution in [2.45, 2.75) is 32.3 Å². The van der Waals surface area contributed by atoms with Crippen LogP contribution in [-0.2, 0) is 11.3 Å². The number of hydrogen-bond acceptors (Lipinski definition) is 4. The van der Waals surface area contributed by atoms with E-state index in [0.29, 0.717) is 6.79 Å². The monoisotopic (exact) mass is 309 g/mol. The molecule has 118 valence electrons. The highest BCUT2D eigenvalue weighted by atomic mass is 16.7. The van der Waals surface area contributed by atoms with Crippen molar-refractivity contribution in [3.05, 3.63) is 59.2 Å². The highest BCUT2D eigenvalue weighted by Crippen LogP contribution is 2.33. The second-order valence-electron chi connectivity index (χ2n) is 6.06. The highest BCUT2D eigenvalue weighted by Gasteiger charge is 2.20. The second-order valence-corrected chi connectivity index (χ2v) is 6.06. The lowest BCUT2D eigenvalue weighted by atomic mass is 9.98. The van der Waals surface area contributed by atoms with Gasteiger partial charge in [-0.2, -0.15) is 0 Å². The zero-order chi connectivity index (χ0) is 15.6. The minimum Gasteiger partial charge on any atom is -0.454 e. The Morgan fingerprint density at radius 3 is 2.65 bits per heavy atom. The molecule has 1 atom stereocenters. The predicted molar refractivity (Wildman–Crippen MR) is 88.1 cm³/mol. The summed E-state index contributed by atoms with van der Waals surface area (Å²) in [4.78, 5) is 5.71. The predicted octanol–water partition coefficient (Wildman–Crippen LogP) is 3.85. The molecule has 2 aliphatic heterocycles. The van der Waals surface area contributed by atoms with Crippen molar-refractivity contribution < 1.29 is 14.3 Å². The number of fused-ring (bicyclic) bond motifs is 1. The van der Waals surface area contributed by atoms with Crippen LogP contribution in [0.3, 0.4) is 0 Å². The van der Waals surface area contributed by atoms with Gasteiger partial charge in [0.2, 0.25) is 6.79 Å². The van der Waals surface area contributed by atoms with E-state index in [1.165, 1.54) is 11.1 Å². The van der Waals surface area contributed by atoms with Crippen LogP contribution in [0.5, 0.6) is 11.5 Å².